The number of carboxylic acid groups (broad SMARTS) is 1. The highest BCUT2D eigenvalue weighted by atomic mass is 16.5. The van der Waals surface area contributed by atoms with Gasteiger partial charge >= 0.3 is 11.9 Å². The fourth-order valence-corrected chi connectivity index (χ4v) is 1.15. The number of methoxy groups -OCH3 is 1. The van der Waals surface area contributed by atoms with Crippen LogP contribution in [-0.2, 0) is 14.3 Å². The van der Waals surface area contributed by atoms with Crippen LogP contribution in [0.15, 0.2) is 0 Å². The normalized spacial score (nSPS) is 12.2. The molecule has 0 saturated heterocycles. The summed E-state index contributed by atoms with van der Waals surface area (Å²) in [5, 5.41) is 8.38. The molecule has 0 aromatic carbocycles. The van der Waals surface area contributed by atoms with Gasteiger partial charge in [-0.3, -0.25) is 9.59 Å². The predicted molar refractivity (Wildman–Crippen MR) is 47.3 cm³/mol. The average molecular weight is 188 g/mol. The van der Waals surface area contributed by atoms with Crippen LogP contribution < -0.4 is 0 Å². The van der Waals surface area contributed by atoms with Gasteiger partial charge in [0.25, 0.3) is 0 Å². The summed E-state index contributed by atoms with van der Waals surface area (Å²) in [4.78, 5) is 21.2. The van der Waals surface area contributed by atoms with Crippen LogP contribution in [0.1, 0.15) is 32.6 Å². The largest absolute Gasteiger partial charge is 0.481 e. The highest BCUT2D eigenvalue weighted by Crippen LogP contribution is 2.13. The van der Waals surface area contributed by atoms with E-state index in [0.29, 0.717) is 19.3 Å². The molecule has 0 fully saturated rings. The van der Waals surface area contributed by atoms with Gasteiger partial charge in [-0.15, -0.1) is 0 Å². The number of ether oxygens (including phenoxy) is 1. The Morgan fingerprint density at radius 3 is 2.46 bits per heavy atom. The van der Waals surface area contributed by atoms with Crippen LogP contribution in [-0.4, -0.2) is 24.2 Å². The Labute approximate surface area is 77.9 Å². The van der Waals surface area contributed by atoms with Gasteiger partial charge < -0.3 is 9.84 Å². The van der Waals surface area contributed by atoms with E-state index in [4.69, 9.17) is 5.11 Å². The SMILES string of the molecule is CCC(CCCC(=O)O)C(=O)OC. The van der Waals surface area contributed by atoms with Gasteiger partial charge in [0, 0.05) is 6.42 Å². The molecule has 0 heterocycles. The minimum atomic E-state index is -0.820. The van der Waals surface area contributed by atoms with Crippen molar-refractivity contribution in [2.24, 2.45) is 5.92 Å². The molecule has 1 N–H and O–H groups in total. The molecular weight excluding hydrogens is 172 g/mol. The van der Waals surface area contributed by atoms with E-state index in [2.05, 4.69) is 4.74 Å². The number of hydrogen-bond donors (Lipinski definition) is 1. The number of carbonyl (C=O) groups excluding carboxylic acids is 1. The summed E-state index contributed by atoms with van der Waals surface area (Å²) in [7, 11) is 1.35. The second kappa shape index (κ2) is 6.46. The Hall–Kier alpha value is -1.06. The molecule has 4 heteroatoms. The lowest BCUT2D eigenvalue weighted by molar-refractivity contribution is -0.146. The molecule has 0 aliphatic rings. The first kappa shape index (κ1) is 11.9. The van der Waals surface area contributed by atoms with Crippen molar-refractivity contribution in [1.82, 2.24) is 0 Å². The lowest BCUT2D eigenvalue weighted by atomic mass is 9.99. The monoisotopic (exact) mass is 188 g/mol. The van der Waals surface area contributed by atoms with Crippen LogP contribution in [0.5, 0.6) is 0 Å². The Kier molecular flexibility index (Phi) is 5.93. The summed E-state index contributed by atoms with van der Waals surface area (Å²) in [6.07, 6.45) is 1.94. The van der Waals surface area contributed by atoms with Gasteiger partial charge in [0.1, 0.15) is 0 Å². The molecule has 4 nitrogen and oxygen atoms in total. The fourth-order valence-electron chi connectivity index (χ4n) is 1.15. The zero-order valence-corrected chi connectivity index (χ0v) is 8.08. The van der Waals surface area contributed by atoms with E-state index in [1.807, 2.05) is 6.92 Å². The predicted octanol–water partition coefficient (Wildman–Crippen LogP) is 1.44. The molecule has 0 radical (unpaired) electrons. The van der Waals surface area contributed by atoms with E-state index in [1.165, 1.54) is 7.11 Å². The number of rotatable bonds is 6. The van der Waals surface area contributed by atoms with E-state index >= 15 is 0 Å². The lowest BCUT2D eigenvalue weighted by Gasteiger charge is -2.10. The molecule has 0 bridgehead atoms. The Bertz CT molecular complexity index is 176. The van der Waals surface area contributed by atoms with Gasteiger partial charge in [-0.05, 0) is 19.3 Å². The molecule has 1 unspecified atom stereocenters. The molecule has 0 aromatic heterocycles. The quantitative estimate of drug-likeness (QED) is 0.640. The minimum absolute atomic E-state index is 0.119. The second-order valence-corrected chi connectivity index (χ2v) is 2.91. The van der Waals surface area contributed by atoms with Crippen LogP contribution >= 0.6 is 0 Å². The van der Waals surface area contributed by atoms with Crippen LogP contribution in [0, 0.1) is 5.92 Å². The molecule has 0 aromatic rings. The number of carboxylic acids is 1. The van der Waals surface area contributed by atoms with Crippen molar-refractivity contribution in [3.05, 3.63) is 0 Å². The first-order chi connectivity index (χ1) is 6.11. The van der Waals surface area contributed by atoms with Gasteiger partial charge in [0.2, 0.25) is 0 Å². The molecule has 0 aliphatic heterocycles. The molecule has 0 aliphatic carbocycles. The third kappa shape index (κ3) is 5.22. The Balaban J connectivity index is 3.72. The third-order valence-corrected chi connectivity index (χ3v) is 1.97. The van der Waals surface area contributed by atoms with Crippen molar-refractivity contribution in [1.29, 1.82) is 0 Å². The highest BCUT2D eigenvalue weighted by molar-refractivity contribution is 5.72. The van der Waals surface area contributed by atoms with Crippen molar-refractivity contribution in [2.75, 3.05) is 7.11 Å². The minimum Gasteiger partial charge on any atom is -0.481 e. The number of carbonyl (C=O) groups is 2. The van der Waals surface area contributed by atoms with Crippen LogP contribution in [0.25, 0.3) is 0 Å². The van der Waals surface area contributed by atoms with Crippen LogP contribution in [0.2, 0.25) is 0 Å². The van der Waals surface area contributed by atoms with Crippen molar-refractivity contribution < 1.29 is 19.4 Å². The van der Waals surface area contributed by atoms with E-state index in [0.717, 1.165) is 0 Å². The van der Waals surface area contributed by atoms with Crippen LogP contribution in [0.4, 0.5) is 0 Å². The van der Waals surface area contributed by atoms with E-state index < -0.39 is 5.97 Å². The highest BCUT2D eigenvalue weighted by Gasteiger charge is 2.16. The fraction of sp³-hybridized carbons (Fsp3) is 0.778. The van der Waals surface area contributed by atoms with Gasteiger partial charge in [-0.2, -0.15) is 0 Å². The van der Waals surface area contributed by atoms with Gasteiger partial charge in [0.15, 0.2) is 0 Å². The van der Waals surface area contributed by atoms with Crippen molar-refractivity contribution in [3.8, 4) is 0 Å². The van der Waals surface area contributed by atoms with Gasteiger partial charge in [0.05, 0.1) is 13.0 Å². The molecule has 13 heavy (non-hydrogen) atoms. The molecule has 0 rings (SSSR count). The summed E-state index contributed by atoms with van der Waals surface area (Å²) < 4.78 is 4.57. The number of aliphatic carboxylic acids is 1. The Morgan fingerprint density at radius 2 is 2.08 bits per heavy atom. The van der Waals surface area contributed by atoms with E-state index in [-0.39, 0.29) is 18.3 Å². The lowest BCUT2D eigenvalue weighted by Crippen LogP contribution is -2.15. The van der Waals surface area contributed by atoms with E-state index in [9.17, 15) is 9.59 Å². The van der Waals surface area contributed by atoms with Crippen LogP contribution in [0.3, 0.4) is 0 Å². The summed E-state index contributed by atoms with van der Waals surface area (Å²) in [6, 6.07) is 0. The second-order valence-electron chi connectivity index (χ2n) is 2.91. The number of esters is 1. The smallest absolute Gasteiger partial charge is 0.308 e. The van der Waals surface area contributed by atoms with Crippen molar-refractivity contribution in [2.45, 2.75) is 32.6 Å². The first-order valence-corrected chi connectivity index (χ1v) is 4.41. The van der Waals surface area contributed by atoms with Gasteiger partial charge in [-0.25, -0.2) is 0 Å². The summed E-state index contributed by atoms with van der Waals surface area (Å²) in [5.74, 6) is -1.21. The van der Waals surface area contributed by atoms with Crippen molar-refractivity contribution in [3.63, 3.8) is 0 Å². The zero-order chi connectivity index (χ0) is 10.3. The summed E-state index contributed by atoms with van der Waals surface area (Å²) in [5.41, 5.74) is 0. The van der Waals surface area contributed by atoms with E-state index in [1.54, 1.807) is 0 Å². The first-order valence-electron chi connectivity index (χ1n) is 4.41. The summed E-state index contributed by atoms with van der Waals surface area (Å²) in [6.45, 7) is 1.89. The molecule has 0 amide bonds. The molecule has 76 valence electrons. The topological polar surface area (TPSA) is 63.6 Å². The number of hydrogen-bond acceptors (Lipinski definition) is 3. The molecule has 0 spiro atoms. The standard InChI is InChI=1S/C9H16O4/c1-3-7(9(12)13-2)5-4-6-8(10)11/h7H,3-6H2,1-2H3,(H,10,11). The third-order valence-electron chi connectivity index (χ3n) is 1.97. The maximum absolute atomic E-state index is 11.0. The zero-order valence-electron chi connectivity index (χ0n) is 8.08. The maximum atomic E-state index is 11.0. The average Bonchev–Trinajstić information content (AvgIpc) is 2.11. The summed E-state index contributed by atoms with van der Waals surface area (Å²) >= 11 is 0. The Morgan fingerprint density at radius 1 is 1.46 bits per heavy atom. The molecule has 0 saturated carbocycles. The maximum Gasteiger partial charge on any atom is 0.308 e. The molecule has 1 atom stereocenters. The molecular formula is C9H16O4. The van der Waals surface area contributed by atoms with Crippen molar-refractivity contribution >= 4 is 11.9 Å². The van der Waals surface area contributed by atoms with Gasteiger partial charge in [-0.1, -0.05) is 6.92 Å².